The molecule has 1 aromatic heterocycles. The second-order valence-corrected chi connectivity index (χ2v) is 9.06. The van der Waals surface area contributed by atoms with E-state index in [4.69, 9.17) is 14.5 Å². The summed E-state index contributed by atoms with van der Waals surface area (Å²) in [7, 11) is 0. The lowest BCUT2D eigenvalue weighted by Gasteiger charge is -2.30. The lowest BCUT2D eigenvalue weighted by molar-refractivity contribution is -0.157. The molecule has 188 valence electrons. The maximum atomic E-state index is 13.0. The third-order valence-corrected chi connectivity index (χ3v) is 6.67. The largest absolute Gasteiger partial charge is 0.465 e. The van der Waals surface area contributed by atoms with Crippen LogP contribution in [-0.4, -0.2) is 41.7 Å². The van der Waals surface area contributed by atoms with Gasteiger partial charge in [-0.25, -0.2) is 4.98 Å². The molecule has 7 nitrogen and oxygen atoms in total. The number of hydrogen-bond donors (Lipinski definition) is 0. The van der Waals surface area contributed by atoms with Gasteiger partial charge in [0, 0.05) is 22.4 Å². The van der Waals surface area contributed by atoms with Crippen molar-refractivity contribution >= 4 is 34.8 Å². The summed E-state index contributed by atoms with van der Waals surface area (Å²) in [5, 5.41) is 2.55. The molecule has 2 unspecified atom stereocenters. The van der Waals surface area contributed by atoms with Crippen LogP contribution in [0.4, 0.5) is 0 Å². The highest BCUT2D eigenvalue weighted by Gasteiger charge is 2.46. The Bertz CT molecular complexity index is 1200. The molecule has 0 amide bonds. The molecular weight excluding hydrogens is 478 g/mol. The van der Waals surface area contributed by atoms with Gasteiger partial charge in [-0.3, -0.25) is 19.2 Å². The van der Waals surface area contributed by atoms with Crippen molar-refractivity contribution in [3.05, 3.63) is 65.5 Å². The van der Waals surface area contributed by atoms with Crippen LogP contribution >= 0.6 is 11.3 Å². The van der Waals surface area contributed by atoms with E-state index in [1.165, 1.54) is 25.2 Å². The molecule has 2 atom stereocenters. The van der Waals surface area contributed by atoms with Crippen molar-refractivity contribution in [2.24, 2.45) is 11.8 Å². The van der Waals surface area contributed by atoms with Crippen LogP contribution in [0.15, 0.2) is 60.0 Å². The SMILES string of the molecule is CCOC(=O)C(C(C)=O)C(c1ccccc1-c1nc(-c2ccccc2)cs1)C(C(C)=O)C(=O)OCC. The standard InChI is InChI=1S/C28H29NO6S/c1-5-34-27(32)23(17(3)30)25(24(18(4)31)28(33)35-6-2)20-14-10-11-15-21(20)26-29-22(16-36-26)19-12-8-7-9-13-19/h7-16,23-25H,5-6H2,1-4H3. The van der Waals surface area contributed by atoms with Crippen LogP contribution in [0.1, 0.15) is 39.2 Å². The van der Waals surface area contributed by atoms with E-state index in [1.807, 2.05) is 35.7 Å². The van der Waals surface area contributed by atoms with Crippen molar-refractivity contribution in [3.8, 4) is 21.8 Å². The maximum Gasteiger partial charge on any atom is 0.317 e. The van der Waals surface area contributed by atoms with Crippen LogP contribution < -0.4 is 0 Å². The van der Waals surface area contributed by atoms with Gasteiger partial charge in [0.05, 0.1) is 18.9 Å². The van der Waals surface area contributed by atoms with Gasteiger partial charge in [-0.1, -0.05) is 54.6 Å². The molecule has 0 radical (unpaired) electrons. The zero-order valence-electron chi connectivity index (χ0n) is 20.7. The first-order valence-electron chi connectivity index (χ1n) is 11.7. The molecule has 3 rings (SSSR count). The first-order chi connectivity index (χ1) is 17.3. The lowest BCUT2D eigenvalue weighted by Crippen LogP contribution is -2.40. The average Bonchev–Trinajstić information content (AvgIpc) is 3.34. The summed E-state index contributed by atoms with van der Waals surface area (Å²) in [6.07, 6.45) is 0. The van der Waals surface area contributed by atoms with E-state index in [2.05, 4.69) is 0 Å². The second-order valence-electron chi connectivity index (χ2n) is 8.20. The number of carbonyl (C=O) groups is 4. The van der Waals surface area contributed by atoms with E-state index >= 15 is 0 Å². The molecule has 0 fully saturated rings. The van der Waals surface area contributed by atoms with Gasteiger partial charge < -0.3 is 9.47 Å². The number of benzene rings is 2. The first kappa shape index (κ1) is 26.9. The number of thiazole rings is 1. The van der Waals surface area contributed by atoms with Crippen LogP contribution in [0.2, 0.25) is 0 Å². The molecule has 0 saturated heterocycles. The Morgan fingerprint density at radius 2 is 1.33 bits per heavy atom. The van der Waals surface area contributed by atoms with Crippen molar-refractivity contribution in [2.75, 3.05) is 13.2 Å². The van der Waals surface area contributed by atoms with Gasteiger partial charge in [0.2, 0.25) is 0 Å². The highest BCUT2D eigenvalue weighted by Crippen LogP contribution is 2.42. The number of ketones is 2. The van der Waals surface area contributed by atoms with Gasteiger partial charge in [-0.05, 0) is 33.3 Å². The van der Waals surface area contributed by atoms with Gasteiger partial charge in [0.15, 0.2) is 0 Å². The number of ether oxygens (including phenoxy) is 2. The minimum absolute atomic E-state index is 0.0496. The number of hydrogen-bond acceptors (Lipinski definition) is 8. The summed E-state index contributed by atoms with van der Waals surface area (Å²) < 4.78 is 10.4. The minimum Gasteiger partial charge on any atom is -0.465 e. The topological polar surface area (TPSA) is 99.6 Å². The van der Waals surface area contributed by atoms with E-state index < -0.39 is 41.3 Å². The van der Waals surface area contributed by atoms with Crippen LogP contribution in [0.5, 0.6) is 0 Å². The molecule has 36 heavy (non-hydrogen) atoms. The van der Waals surface area contributed by atoms with Crippen molar-refractivity contribution in [2.45, 2.75) is 33.6 Å². The fourth-order valence-corrected chi connectivity index (χ4v) is 5.14. The third-order valence-electron chi connectivity index (χ3n) is 5.80. The smallest absolute Gasteiger partial charge is 0.317 e. The molecule has 0 aliphatic rings. The van der Waals surface area contributed by atoms with Crippen molar-refractivity contribution in [1.82, 2.24) is 4.98 Å². The number of esters is 2. The lowest BCUT2D eigenvalue weighted by atomic mass is 9.72. The first-order valence-corrected chi connectivity index (χ1v) is 12.6. The van der Waals surface area contributed by atoms with Crippen LogP contribution in [0, 0.1) is 11.8 Å². The monoisotopic (exact) mass is 507 g/mol. The Labute approximate surface area is 214 Å². The highest BCUT2D eigenvalue weighted by atomic mass is 32.1. The van der Waals surface area contributed by atoms with E-state index in [0.29, 0.717) is 16.1 Å². The molecule has 0 aliphatic heterocycles. The number of aromatic nitrogens is 1. The summed E-state index contributed by atoms with van der Waals surface area (Å²) in [5.74, 6) is -6.47. The fourth-order valence-electron chi connectivity index (χ4n) is 4.27. The average molecular weight is 508 g/mol. The Morgan fingerprint density at radius 3 is 1.86 bits per heavy atom. The quantitative estimate of drug-likeness (QED) is 0.263. The Balaban J connectivity index is 2.22. The Hall–Kier alpha value is -3.65. The molecule has 0 N–H and O–H groups in total. The highest BCUT2D eigenvalue weighted by molar-refractivity contribution is 7.13. The van der Waals surface area contributed by atoms with E-state index in [0.717, 1.165) is 11.3 Å². The summed E-state index contributed by atoms with van der Waals surface area (Å²) in [5.41, 5.74) is 2.81. The van der Waals surface area contributed by atoms with Gasteiger partial charge >= 0.3 is 11.9 Å². The zero-order chi connectivity index (χ0) is 26.2. The summed E-state index contributed by atoms with van der Waals surface area (Å²) in [6.45, 7) is 5.88. The van der Waals surface area contributed by atoms with Gasteiger partial charge in [0.25, 0.3) is 0 Å². The molecule has 0 spiro atoms. The third kappa shape index (κ3) is 5.94. The van der Waals surface area contributed by atoms with Gasteiger partial charge in [-0.15, -0.1) is 11.3 Å². The molecule has 2 aromatic carbocycles. The van der Waals surface area contributed by atoms with Gasteiger partial charge in [0.1, 0.15) is 28.4 Å². The molecule has 8 heteroatoms. The predicted octanol–water partition coefficient (Wildman–Crippen LogP) is 5.10. The maximum absolute atomic E-state index is 13.0. The van der Waals surface area contributed by atoms with E-state index in [9.17, 15) is 19.2 Å². The molecular formula is C28H29NO6S. The number of nitrogens with zero attached hydrogens (tertiary/aromatic N) is 1. The van der Waals surface area contributed by atoms with Crippen LogP contribution in [0.25, 0.3) is 21.8 Å². The second kappa shape index (κ2) is 12.4. The van der Waals surface area contributed by atoms with Crippen molar-refractivity contribution in [3.63, 3.8) is 0 Å². The molecule has 0 aliphatic carbocycles. The zero-order valence-corrected chi connectivity index (χ0v) is 21.5. The number of carbonyl (C=O) groups excluding carboxylic acids is 4. The van der Waals surface area contributed by atoms with E-state index in [-0.39, 0.29) is 13.2 Å². The number of Topliss-reactive ketones (excluding diaryl/α,β-unsaturated/α-hetero) is 2. The Kier molecular flexibility index (Phi) is 9.25. The van der Waals surface area contributed by atoms with Crippen LogP contribution in [-0.2, 0) is 28.7 Å². The normalized spacial score (nSPS) is 13.3. The summed E-state index contributed by atoms with van der Waals surface area (Å²) in [6, 6.07) is 16.7. The molecule has 3 aromatic rings. The Morgan fingerprint density at radius 1 is 0.806 bits per heavy atom. The number of rotatable bonds is 11. The van der Waals surface area contributed by atoms with Crippen LogP contribution in [0.3, 0.4) is 0 Å². The van der Waals surface area contributed by atoms with Crippen molar-refractivity contribution in [1.29, 1.82) is 0 Å². The fraction of sp³-hybridized carbons (Fsp3) is 0.321. The minimum atomic E-state index is -1.38. The summed E-state index contributed by atoms with van der Waals surface area (Å²) >= 11 is 1.39. The van der Waals surface area contributed by atoms with Gasteiger partial charge in [-0.2, -0.15) is 0 Å². The predicted molar refractivity (Wildman–Crippen MR) is 137 cm³/mol. The summed E-state index contributed by atoms with van der Waals surface area (Å²) in [4.78, 5) is 56.5. The van der Waals surface area contributed by atoms with Crippen molar-refractivity contribution < 1.29 is 28.7 Å². The molecule has 0 bridgehead atoms. The molecule has 1 heterocycles. The molecule has 0 saturated carbocycles. The van der Waals surface area contributed by atoms with E-state index in [1.54, 1.807) is 38.1 Å².